The van der Waals surface area contributed by atoms with E-state index in [2.05, 4.69) is 10.4 Å². The summed E-state index contributed by atoms with van der Waals surface area (Å²) in [5.41, 5.74) is 1.07. The number of methoxy groups -OCH3 is 1. The highest BCUT2D eigenvalue weighted by molar-refractivity contribution is 5.89. The first-order valence-corrected chi connectivity index (χ1v) is 7.13. The van der Waals surface area contributed by atoms with Crippen molar-refractivity contribution in [1.29, 1.82) is 0 Å². The Balaban J connectivity index is 1.74. The predicted octanol–water partition coefficient (Wildman–Crippen LogP) is -0.426. The van der Waals surface area contributed by atoms with Gasteiger partial charge in [0.2, 0.25) is 11.8 Å². The first-order valence-electron chi connectivity index (χ1n) is 7.13. The van der Waals surface area contributed by atoms with Gasteiger partial charge in [0, 0.05) is 58.5 Å². The molecular formula is C14H22N4O3. The molecule has 7 nitrogen and oxygen atoms in total. The molecule has 1 aromatic rings. The molecule has 1 aromatic heterocycles. The molecule has 0 bridgehead atoms. The van der Waals surface area contributed by atoms with Crippen molar-refractivity contribution in [3.8, 4) is 0 Å². The Morgan fingerprint density at radius 3 is 3.05 bits per heavy atom. The summed E-state index contributed by atoms with van der Waals surface area (Å²) in [7, 11) is 3.48. The van der Waals surface area contributed by atoms with E-state index in [1.165, 1.54) is 0 Å². The van der Waals surface area contributed by atoms with Crippen molar-refractivity contribution in [3.63, 3.8) is 0 Å². The number of aryl methyl sites for hydroxylation is 1. The van der Waals surface area contributed by atoms with Crippen LogP contribution in [0.3, 0.4) is 0 Å². The molecule has 7 heteroatoms. The molecule has 1 atom stereocenters. The minimum absolute atomic E-state index is 0.0267. The molecule has 1 N–H and O–H groups in total. The maximum atomic E-state index is 12.1. The first kappa shape index (κ1) is 15.5. The molecular weight excluding hydrogens is 272 g/mol. The summed E-state index contributed by atoms with van der Waals surface area (Å²) >= 11 is 0. The van der Waals surface area contributed by atoms with Gasteiger partial charge in [0.1, 0.15) is 0 Å². The number of hydrogen-bond acceptors (Lipinski definition) is 4. The Hall–Kier alpha value is -1.89. The van der Waals surface area contributed by atoms with E-state index in [4.69, 9.17) is 4.74 Å². The van der Waals surface area contributed by atoms with Gasteiger partial charge in [-0.05, 0) is 6.07 Å². The van der Waals surface area contributed by atoms with Crippen molar-refractivity contribution in [1.82, 2.24) is 20.0 Å². The number of nitrogens with one attached hydrogen (secondary N) is 1. The van der Waals surface area contributed by atoms with E-state index < -0.39 is 0 Å². The lowest BCUT2D eigenvalue weighted by Gasteiger charge is -2.15. The van der Waals surface area contributed by atoms with Crippen LogP contribution in [-0.4, -0.2) is 59.8 Å². The highest BCUT2D eigenvalue weighted by atomic mass is 16.5. The van der Waals surface area contributed by atoms with Crippen LogP contribution in [-0.2, 0) is 27.8 Å². The van der Waals surface area contributed by atoms with Gasteiger partial charge < -0.3 is 15.0 Å². The minimum atomic E-state index is -0.249. The van der Waals surface area contributed by atoms with Crippen LogP contribution >= 0.6 is 0 Å². The van der Waals surface area contributed by atoms with Gasteiger partial charge in [0.05, 0.1) is 12.5 Å². The zero-order valence-electron chi connectivity index (χ0n) is 12.5. The fraction of sp³-hybridized carbons (Fsp3) is 0.643. The molecule has 1 saturated heterocycles. The summed E-state index contributed by atoms with van der Waals surface area (Å²) in [4.78, 5) is 25.5. The van der Waals surface area contributed by atoms with Crippen LogP contribution in [0.5, 0.6) is 0 Å². The summed E-state index contributed by atoms with van der Waals surface area (Å²) in [6, 6.07) is 1.93. The minimum Gasteiger partial charge on any atom is -0.383 e. The Morgan fingerprint density at radius 1 is 1.57 bits per heavy atom. The van der Waals surface area contributed by atoms with Gasteiger partial charge in [-0.2, -0.15) is 5.10 Å². The van der Waals surface area contributed by atoms with Crippen molar-refractivity contribution in [2.75, 3.05) is 33.4 Å². The zero-order valence-corrected chi connectivity index (χ0v) is 12.5. The third kappa shape index (κ3) is 4.04. The van der Waals surface area contributed by atoms with Crippen molar-refractivity contribution in [2.45, 2.75) is 12.8 Å². The fourth-order valence-electron chi connectivity index (χ4n) is 2.47. The molecule has 21 heavy (non-hydrogen) atoms. The average molecular weight is 294 g/mol. The van der Waals surface area contributed by atoms with E-state index in [-0.39, 0.29) is 17.7 Å². The van der Waals surface area contributed by atoms with Crippen LogP contribution in [0.2, 0.25) is 0 Å². The predicted molar refractivity (Wildman–Crippen MR) is 76.5 cm³/mol. The van der Waals surface area contributed by atoms with Gasteiger partial charge in [0.15, 0.2) is 0 Å². The van der Waals surface area contributed by atoms with Crippen LogP contribution < -0.4 is 5.32 Å². The Kier molecular flexibility index (Phi) is 5.32. The van der Waals surface area contributed by atoms with Gasteiger partial charge in [-0.15, -0.1) is 0 Å². The summed E-state index contributed by atoms with van der Waals surface area (Å²) in [6.07, 6.45) is 2.76. The average Bonchev–Trinajstić information content (AvgIpc) is 3.03. The molecule has 116 valence electrons. The maximum absolute atomic E-state index is 12.1. The summed E-state index contributed by atoms with van der Waals surface area (Å²) in [5, 5.41) is 6.98. The van der Waals surface area contributed by atoms with E-state index in [0.29, 0.717) is 32.7 Å². The van der Waals surface area contributed by atoms with Crippen molar-refractivity contribution in [2.24, 2.45) is 13.0 Å². The van der Waals surface area contributed by atoms with E-state index in [1.807, 2.05) is 13.1 Å². The number of likely N-dealkylation sites (tertiary alicyclic amines) is 1. The number of nitrogens with zero attached hydrogens (tertiary/aromatic N) is 3. The summed E-state index contributed by atoms with van der Waals surface area (Å²) < 4.78 is 6.75. The molecule has 0 aromatic carbocycles. The topological polar surface area (TPSA) is 76.5 Å². The lowest BCUT2D eigenvalue weighted by molar-refractivity contribution is -0.129. The molecule has 0 spiro atoms. The van der Waals surface area contributed by atoms with Gasteiger partial charge in [-0.3, -0.25) is 14.3 Å². The van der Waals surface area contributed by atoms with Crippen LogP contribution in [0, 0.1) is 5.92 Å². The van der Waals surface area contributed by atoms with E-state index in [0.717, 1.165) is 12.1 Å². The van der Waals surface area contributed by atoms with Crippen LogP contribution in [0.1, 0.15) is 12.1 Å². The van der Waals surface area contributed by atoms with Gasteiger partial charge >= 0.3 is 0 Å². The molecule has 0 radical (unpaired) electrons. The Bertz CT molecular complexity index is 500. The smallest absolute Gasteiger partial charge is 0.225 e. The number of amides is 2. The Morgan fingerprint density at radius 2 is 2.38 bits per heavy atom. The summed E-state index contributed by atoms with van der Waals surface area (Å²) in [5.74, 6) is -0.273. The second kappa shape index (κ2) is 7.21. The van der Waals surface area contributed by atoms with Crippen molar-refractivity contribution < 1.29 is 14.3 Å². The van der Waals surface area contributed by atoms with Crippen molar-refractivity contribution in [3.05, 3.63) is 18.0 Å². The molecule has 1 aliphatic rings. The third-order valence-electron chi connectivity index (χ3n) is 3.75. The normalized spacial score (nSPS) is 18.3. The number of aromatic nitrogens is 2. The second-order valence-corrected chi connectivity index (χ2v) is 5.22. The largest absolute Gasteiger partial charge is 0.383 e. The molecule has 2 amide bonds. The lowest BCUT2D eigenvalue weighted by Crippen LogP contribution is -2.35. The molecule has 0 unspecified atom stereocenters. The van der Waals surface area contributed by atoms with E-state index >= 15 is 0 Å². The highest BCUT2D eigenvalue weighted by Crippen LogP contribution is 2.17. The lowest BCUT2D eigenvalue weighted by atomic mass is 10.1. The molecule has 2 heterocycles. The van der Waals surface area contributed by atoms with E-state index in [1.54, 1.807) is 22.9 Å². The molecule has 0 aliphatic carbocycles. The second-order valence-electron chi connectivity index (χ2n) is 5.22. The number of carbonyl (C=O) groups is 2. The number of carbonyl (C=O) groups excluding carboxylic acids is 2. The zero-order chi connectivity index (χ0) is 15.2. The maximum Gasteiger partial charge on any atom is 0.225 e. The highest BCUT2D eigenvalue weighted by Gasteiger charge is 2.33. The SMILES string of the molecule is COCCN1C[C@@H](C(=O)NCCc2ccnn2C)CC1=O. The third-order valence-corrected chi connectivity index (χ3v) is 3.75. The molecule has 1 aliphatic heterocycles. The number of ether oxygens (including phenoxy) is 1. The molecule has 2 rings (SSSR count). The number of rotatable bonds is 7. The van der Waals surface area contributed by atoms with Gasteiger partial charge in [-0.25, -0.2) is 0 Å². The van der Waals surface area contributed by atoms with Crippen molar-refractivity contribution >= 4 is 11.8 Å². The van der Waals surface area contributed by atoms with Gasteiger partial charge in [0.25, 0.3) is 0 Å². The van der Waals surface area contributed by atoms with Gasteiger partial charge in [-0.1, -0.05) is 0 Å². The molecule has 1 fully saturated rings. The Labute approximate surface area is 124 Å². The fourth-order valence-corrected chi connectivity index (χ4v) is 2.47. The van der Waals surface area contributed by atoms with Crippen LogP contribution in [0.4, 0.5) is 0 Å². The number of hydrogen-bond donors (Lipinski definition) is 1. The van der Waals surface area contributed by atoms with Crippen LogP contribution in [0.25, 0.3) is 0 Å². The monoisotopic (exact) mass is 294 g/mol. The molecule has 0 saturated carbocycles. The van der Waals surface area contributed by atoms with Crippen LogP contribution in [0.15, 0.2) is 12.3 Å². The van der Waals surface area contributed by atoms with E-state index in [9.17, 15) is 9.59 Å². The summed E-state index contributed by atoms with van der Waals surface area (Å²) in [6.45, 7) is 2.09. The standard InChI is InChI=1S/C14H22N4O3/c1-17-12(4-6-16-17)3-5-15-14(20)11-9-13(19)18(10-11)7-8-21-2/h4,6,11H,3,5,7-10H2,1-2H3,(H,15,20)/t11-/m0/s1. The quantitative estimate of drug-likeness (QED) is 0.740. The first-order chi connectivity index (χ1) is 10.1.